The summed E-state index contributed by atoms with van der Waals surface area (Å²) >= 11 is 12.2. The third-order valence-corrected chi connectivity index (χ3v) is 4.19. The molecule has 0 fully saturated rings. The van der Waals surface area contributed by atoms with Crippen molar-refractivity contribution in [3.05, 3.63) is 63.1 Å². The van der Waals surface area contributed by atoms with E-state index in [1.54, 1.807) is 12.1 Å². The van der Waals surface area contributed by atoms with Crippen LogP contribution in [0.4, 0.5) is 0 Å². The Balaban J connectivity index is 1.74. The summed E-state index contributed by atoms with van der Waals surface area (Å²) in [5.74, 6) is 1.09. The molecular formula is C16H15Cl2NO. The summed E-state index contributed by atoms with van der Waals surface area (Å²) in [7, 11) is 0. The van der Waals surface area contributed by atoms with E-state index in [0.29, 0.717) is 34.9 Å². The number of rotatable bonds is 4. The third kappa shape index (κ3) is 2.51. The van der Waals surface area contributed by atoms with Gasteiger partial charge in [-0.1, -0.05) is 47.5 Å². The molecule has 104 valence electrons. The number of fused-ring (bicyclic) bond motifs is 1. The maximum Gasteiger partial charge on any atom is 0.142 e. The smallest absolute Gasteiger partial charge is 0.142 e. The van der Waals surface area contributed by atoms with E-state index in [1.165, 1.54) is 11.1 Å². The first-order valence-corrected chi connectivity index (χ1v) is 7.33. The van der Waals surface area contributed by atoms with E-state index in [2.05, 4.69) is 24.3 Å². The van der Waals surface area contributed by atoms with E-state index < -0.39 is 0 Å². The summed E-state index contributed by atoms with van der Waals surface area (Å²) in [4.78, 5) is 0. The first-order chi connectivity index (χ1) is 9.69. The zero-order chi connectivity index (χ0) is 14.1. The number of hydrogen-bond donors (Lipinski definition) is 1. The Bertz CT molecular complexity index is 642. The molecule has 1 atom stereocenters. The molecule has 4 heteroatoms. The minimum absolute atomic E-state index is 0.358. The average molecular weight is 308 g/mol. The van der Waals surface area contributed by atoms with Crippen LogP contribution in [0.25, 0.3) is 0 Å². The molecule has 1 aliphatic rings. The number of halogens is 2. The Hall–Kier alpha value is -1.22. The van der Waals surface area contributed by atoms with Gasteiger partial charge in [-0.3, -0.25) is 0 Å². The van der Waals surface area contributed by atoms with Crippen LogP contribution in [0.5, 0.6) is 5.75 Å². The molecule has 2 aromatic carbocycles. The molecule has 0 saturated heterocycles. The summed E-state index contributed by atoms with van der Waals surface area (Å²) < 4.78 is 5.90. The molecule has 0 bridgehead atoms. The molecule has 1 aliphatic carbocycles. The highest BCUT2D eigenvalue weighted by Gasteiger charge is 2.26. The topological polar surface area (TPSA) is 35.2 Å². The van der Waals surface area contributed by atoms with Gasteiger partial charge in [-0.2, -0.15) is 0 Å². The number of nitrogens with two attached hydrogens (primary N) is 1. The van der Waals surface area contributed by atoms with Gasteiger partial charge in [0.15, 0.2) is 0 Å². The molecule has 2 N–H and O–H groups in total. The van der Waals surface area contributed by atoms with Gasteiger partial charge in [-0.05, 0) is 29.7 Å². The molecule has 1 unspecified atom stereocenters. The van der Waals surface area contributed by atoms with Crippen LogP contribution in [0.1, 0.15) is 22.6 Å². The van der Waals surface area contributed by atoms with Crippen LogP contribution in [0.3, 0.4) is 0 Å². The van der Waals surface area contributed by atoms with Crippen LogP contribution in [0, 0.1) is 0 Å². The molecule has 0 spiro atoms. The normalized spacial score (nSPS) is 16.4. The Morgan fingerprint density at radius 3 is 2.75 bits per heavy atom. The maximum absolute atomic E-state index is 6.19. The molecule has 3 rings (SSSR count). The molecule has 0 amide bonds. The zero-order valence-electron chi connectivity index (χ0n) is 10.9. The maximum atomic E-state index is 6.19. The van der Waals surface area contributed by atoms with Crippen molar-refractivity contribution >= 4 is 23.2 Å². The Morgan fingerprint density at radius 1 is 1.20 bits per heavy atom. The lowest BCUT2D eigenvalue weighted by molar-refractivity contribution is 0.273. The van der Waals surface area contributed by atoms with E-state index in [-0.39, 0.29) is 0 Å². The number of benzene rings is 2. The van der Waals surface area contributed by atoms with Gasteiger partial charge in [0.1, 0.15) is 5.75 Å². The molecule has 0 radical (unpaired) electrons. The Kier molecular flexibility index (Phi) is 3.88. The second-order valence-corrected chi connectivity index (χ2v) is 5.83. The highest BCUT2D eigenvalue weighted by atomic mass is 35.5. The van der Waals surface area contributed by atoms with Gasteiger partial charge in [-0.25, -0.2) is 0 Å². The molecular weight excluding hydrogens is 293 g/mol. The molecule has 0 aliphatic heterocycles. The van der Waals surface area contributed by atoms with Crippen LogP contribution in [0.15, 0.2) is 36.4 Å². The molecule has 0 heterocycles. The summed E-state index contributed by atoms with van der Waals surface area (Å²) in [6, 6.07) is 11.9. The molecule has 0 aromatic heterocycles. The third-order valence-electron chi connectivity index (χ3n) is 3.70. The summed E-state index contributed by atoms with van der Waals surface area (Å²) in [6.07, 6.45) is 1.05. The average Bonchev–Trinajstić information content (AvgIpc) is 2.41. The first-order valence-electron chi connectivity index (χ1n) is 6.57. The highest BCUT2D eigenvalue weighted by Crippen LogP contribution is 2.37. The highest BCUT2D eigenvalue weighted by molar-refractivity contribution is 6.35. The molecule has 20 heavy (non-hydrogen) atoms. The molecule has 2 aromatic rings. The fourth-order valence-electron chi connectivity index (χ4n) is 2.62. The van der Waals surface area contributed by atoms with Gasteiger partial charge in [0.2, 0.25) is 0 Å². The minimum atomic E-state index is 0.358. The van der Waals surface area contributed by atoms with Crippen LogP contribution < -0.4 is 10.5 Å². The quantitative estimate of drug-likeness (QED) is 0.920. The number of ether oxygens (including phenoxy) is 1. The summed E-state index contributed by atoms with van der Waals surface area (Å²) in [5, 5.41) is 1.10. The SMILES string of the molecule is NCc1cc(Cl)cc(Cl)c1OCC1Cc2ccccc21. The van der Waals surface area contributed by atoms with Gasteiger partial charge < -0.3 is 10.5 Å². The van der Waals surface area contributed by atoms with Crippen molar-refractivity contribution < 1.29 is 4.74 Å². The standard InChI is InChI=1S/C16H15Cl2NO/c17-13-6-11(8-19)16(15(18)7-13)20-9-12-5-10-3-1-2-4-14(10)12/h1-4,6-7,12H,5,8-9,19H2. The predicted molar refractivity (Wildman–Crippen MR) is 82.7 cm³/mol. The van der Waals surface area contributed by atoms with E-state index in [0.717, 1.165) is 12.0 Å². The second kappa shape index (κ2) is 5.65. The van der Waals surface area contributed by atoms with Gasteiger partial charge in [0, 0.05) is 23.0 Å². The first kappa shape index (κ1) is 13.7. The zero-order valence-corrected chi connectivity index (χ0v) is 12.4. The summed E-state index contributed by atoms with van der Waals surface area (Å²) in [6.45, 7) is 0.974. The Labute approximate surface area is 128 Å². The van der Waals surface area contributed by atoms with Crippen molar-refractivity contribution in [2.24, 2.45) is 5.73 Å². The van der Waals surface area contributed by atoms with Crippen molar-refractivity contribution in [1.82, 2.24) is 0 Å². The van der Waals surface area contributed by atoms with Gasteiger partial charge in [0.25, 0.3) is 0 Å². The number of hydrogen-bond acceptors (Lipinski definition) is 2. The van der Waals surface area contributed by atoms with Gasteiger partial charge >= 0.3 is 0 Å². The van der Waals surface area contributed by atoms with Gasteiger partial charge in [-0.15, -0.1) is 0 Å². The lowest BCUT2D eigenvalue weighted by Crippen LogP contribution is -2.23. The second-order valence-electron chi connectivity index (χ2n) is 4.99. The minimum Gasteiger partial charge on any atom is -0.491 e. The van der Waals surface area contributed by atoms with Crippen LogP contribution in [-0.2, 0) is 13.0 Å². The van der Waals surface area contributed by atoms with Gasteiger partial charge in [0.05, 0.1) is 11.6 Å². The van der Waals surface area contributed by atoms with Crippen LogP contribution >= 0.6 is 23.2 Å². The lowest BCUT2D eigenvalue weighted by Gasteiger charge is -2.30. The largest absolute Gasteiger partial charge is 0.491 e. The van der Waals surface area contributed by atoms with E-state index in [4.69, 9.17) is 33.7 Å². The van der Waals surface area contributed by atoms with Crippen molar-refractivity contribution in [2.75, 3.05) is 6.61 Å². The van der Waals surface area contributed by atoms with Crippen molar-refractivity contribution in [3.63, 3.8) is 0 Å². The fraction of sp³-hybridized carbons (Fsp3) is 0.250. The van der Waals surface area contributed by atoms with Crippen molar-refractivity contribution in [3.8, 4) is 5.75 Å². The fourth-order valence-corrected chi connectivity index (χ4v) is 3.21. The Morgan fingerprint density at radius 2 is 2.00 bits per heavy atom. The van der Waals surface area contributed by atoms with E-state index in [9.17, 15) is 0 Å². The van der Waals surface area contributed by atoms with Crippen LogP contribution in [0.2, 0.25) is 10.0 Å². The monoisotopic (exact) mass is 307 g/mol. The summed E-state index contributed by atoms with van der Waals surface area (Å²) in [5.41, 5.74) is 9.34. The van der Waals surface area contributed by atoms with E-state index >= 15 is 0 Å². The van der Waals surface area contributed by atoms with Crippen molar-refractivity contribution in [1.29, 1.82) is 0 Å². The molecule has 2 nitrogen and oxygen atoms in total. The van der Waals surface area contributed by atoms with Crippen molar-refractivity contribution in [2.45, 2.75) is 18.9 Å². The van der Waals surface area contributed by atoms with Crippen LogP contribution in [-0.4, -0.2) is 6.61 Å². The van der Waals surface area contributed by atoms with E-state index in [1.807, 2.05) is 0 Å². The lowest BCUT2D eigenvalue weighted by atomic mass is 9.78. The predicted octanol–water partition coefficient (Wildman–Crippen LogP) is 4.17. The molecule has 0 saturated carbocycles.